The van der Waals surface area contributed by atoms with Crippen LogP contribution in [0, 0.1) is 0 Å². The van der Waals surface area contributed by atoms with Gasteiger partial charge < -0.3 is 10.2 Å². The number of likely N-dealkylation sites (N-methyl/N-ethyl adjacent to an activating group) is 1. The second-order valence-corrected chi connectivity index (χ2v) is 3.47. The first-order valence-electron chi connectivity index (χ1n) is 4.91. The summed E-state index contributed by atoms with van der Waals surface area (Å²) < 4.78 is 0. The summed E-state index contributed by atoms with van der Waals surface area (Å²) >= 11 is 0. The minimum atomic E-state index is -0.121. The third kappa shape index (κ3) is 1.25. The molecule has 0 aliphatic carbocycles. The maximum absolute atomic E-state index is 11.8. The lowest BCUT2D eigenvalue weighted by Crippen LogP contribution is -2.45. The highest BCUT2D eigenvalue weighted by Gasteiger charge is 2.27. The van der Waals surface area contributed by atoms with E-state index < -0.39 is 0 Å². The Kier molecular flexibility index (Phi) is 2.15. The molecule has 1 N–H and O–H groups in total. The van der Waals surface area contributed by atoms with Gasteiger partial charge in [-0.05, 0) is 26.0 Å². The fraction of sp³-hybridized carbons (Fsp3) is 0.364. The fourth-order valence-corrected chi connectivity index (χ4v) is 1.80. The highest BCUT2D eigenvalue weighted by atomic mass is 16.2. The quantitative estimate of drug-likeness (QED) is 0.733. The zero-order valence-electron chi connectivity index (χ0n) is 8.45. The topological polar surface area (TPSA) is 32.3 Å². The van der Waals surface area contributed by atoms with Crippen LogP contribution in [0.2, 0.25) is 0 Å². The highest BCUT2D eigenvalue weighted by Crippen LogP contribution is 2.30. The Morgan fingerprint density at radius 2 is 2.14 bits per heavy atom. The molecule has 1 amide bonds. The third-order valence-electron chi connectivity index (χ3n) is 2.52. The molecule has 1 aromatic rings. The zero-order chi connectivity index (χ0) is 10.1. The van der Waals surface area contributed by atoms with Gasteiger partial charge in [0.25, 0.3) is 0 Å². The standard InChI is InChI=1S/C11H14N2O/c1-3-13-10-7-5-4-6-9(10)12-8(2)11(13)14/h4-8,12H,3H2,1-2H3/t8-/m1/s1. The number of rotatable bonds is 1. The summed E-state index contributed by atoms with van der Waals surface area (Å²) in [5.74, 6) is 0.145. The van der Waals surface area contributed by atoms with Crippen LogP contribution in [-0.2, 0) is 4.79 Å². The van der Waals surface area contributed by atoms with Crippen molar-refractivity contribution >= 4 is 17.3 Å². The van der Waals surface area contributed by atoms with Crippen LogP contribution in [0.1, 0.15) is 13.8 Å². The Bertz CT molecular complexity index is 362. The number of fused-ring (bicyclic) bond motifs is 1. The van der Waals surface area contributed by atoms with Gasteiger partial charge in [0, 0.05) is 6.54 Å². The van der Waals surface area contributed by atoms with E-state index in [0.717, 1.165) is 17.9 Å². The molecule has 14 heavy (non-hydrogen) atoms. The zero-order valence-corrected chi connectivity index (χ0v) is 8.45. The van der Waals surface area contributed by atoms with Crippen molar-refractivity contribution < 1.29 is 4.79 Å². The lowest BCUT2D eigenvalue weighted by atomic mass is 10.1. The summed E-state index contributed by atoms with van der Waals surface area (Å²) in [6, 6.07) is 7.77. The van der Waals surface area contributed by atoms with Crippen molar-refractivity contribution in [2.24, 2.45) is 0 Å². The lowest BCUT2D eigenvalue weighted by molar-refractivity contribution is -0.119. The Hall–Kier alpha value is -1.51. The minimum absolute atomic E-state index is 0.121. The number of hydrogen-bond donors (Lipinski definition) is 1. The van der Waals surface area contributed by atoms with Crippen molar-refractivity contribution in [3.63, 3.8) is 0 Å². The molecule has 0 unspecified atom stereocenters. The van der Waals surface area contributed by atoms with Crippen molar-refractivity contribution in [1.29, 1.82) is 0 Å². The molecule has 0 spiro atoms. The molecule has 74 valence electrons. The van der Waals surface area contributed by atoms with Crippen LogP contribution in [-0.4, -0.2) is 18.5 Å². The number of hydrogen-bond acceptors (Lipinski definition) is 2. The first-order valence-corrected chi connectivity index (χ1v) is 4.91. The molecule has 1 atom stereocenters. The van der Waals surface area contributed by atoms with Crippen LogP contribution in [0.4, 0.5) is 11.4 Å². The van der Waals surface area contributed by atoms with Gasteiger partial charge in [-0.2, -0.15) is 0 Å². The van der Waals surface area contributed by atoms with Gasteiger partial charge in [-0.3, -0.25) is 4.79 Å². The predicted octanol–water partition coefficient (Wildman–Crippen LogP) is 1.85. The molecule has 0 saturated heterocycles. The fourth-order valence-electron chi connectivity index (χ4n) is 1.80. The molecule has 0 radical (unpaired) electrons. The van der Waals surface area contributed by atoms with Gasteiger partial charge in [0.1, 0.15) is 6.04 Å². The Labute approximate surface area is 83.7 Å². The number of anilines is 2. The lowest BCUT2D eigenvalue weighted by Gasteiger charge is -2.33. The van der Waals surface area contributed by atoms with Gasteiger partial charge in [-0.25, -0.2) is 0 Å². The van der Waals surface area contributed by atoms with Gasteiger partial charge in [0.05, 0.1) is 11.4 Å². The predicted molar refractivity (Wildman–Crippen MR) is 57.6 cm³/mol. The highest BCUT2D eigenvalue weighted by molar-refractivity contribution is 6.04. The van der Waals surface area contributed by atoms with E-state index in [9.17, 15) is 4.79 Å². The maximum atomic E-state index is 11.8. The largest absolute Gasteiger partial charge is 0.372 e. The molecule has 1 aliphatic heterocycles. The van der Waals surface area contributed by atoms with Gasteiger partial charge in [0.15, 0.2) is 0 Å². The Balaban J connectivity index is 2.47. The molecule has 3 nitrogen and oxygen atoms in total. The molecule has 2 rings (SSSR count). The van der Waals surface area contributed by atoms with Gasteiger partial charge in [-0.1, -0.05) is 12.1 Å². The molecule has 1 heterocycles. The Morgan fingerprint density at radius 1 is 1.43 bits per heavy atom. The van der Waals surface area contributed by atoms with Gasteiger partial charge >= 0.3 is 0 Å². The number of para-hydroxylation sites is 2. The molecular weight excluding hydrogens is 176 g/mol. The number of nitrogens with zero attached hydrogens (tertiary/aromatic N) is 1. The summed E-state index contributed by atoms with van der Waals surface area (Å²) in [5, 5.41) is 3.18. The number of amides is 1. The number of nitrogens with one attached hydrogen (secondary N) is 1. The van der Waals surface area contributed by atoms with E-state index in [1.54, 1.807) is 0 Å². The second-order valence-electron chi connectivity index (χ2n) is 3.47. The van der Waals surface area contributed by atoms with E-state index in [1.807, 2.05) is 43.0 Å². The van der Waals surface area contributed by atoms with Gasteiger partial charge in [-0.15, -0.1) is 0 Å². The number of carbonyl (C=O) groups is 1. The smallest absolute Gasteiger partial charge is 0.249 e. The van der Waals surface area contributed by atoms with Crippen LogP contribution in [0.3, 0.4) is 0 Å². The summed E-state index contributed by atoms with van der Waals surface area (Å²) in [4.78, 5) is 13.6. The second kappa shape index (κ2) is 3.33. The average molecular weight is 190 g/mol. The molecule has 0 bridgehead atoms. The van der Waals surface area contributed by atoms with Crippen molar-refractivity contribution in [2.45, 2.75) is 19.9 Å². The number of benzene rings is 1. The van der Waals surface area contributed by atoms with E-state index in [-0.39, 0.29) is 11.9 Å². The molecule has 0 fully saturated rings. The van der Waals surface area contributed by atoms with E-state index in [2.05, 4.69) is 5.32 Å². The summed E-state index contributed by atoms with van der Waals surface area (Å²) in [5.41, 5.74) is 2.03. The van der Waals surface area contributed by atoms with Crippen LogP contribution in [0.25, 0.3) is 0 Å². The van der Waals surface area contributed by atoms with Crippen molar-refractivity contribution in [3.8, 4) is 0 Å². The summed E-state index contributed by atoms with van der Waals surface area (Å²) in [7, 11) is 0. The summed E-state index contributed by atoms with van der Waals surface area (Å²) in [6.07, 6.45) is 0. The van der Waals surface area contributed by atoms with Crippen molar-refractivity contribution in [1.82, 2.24) is 0 Å². The SMILES string of the molecule is CCN1C(=O)[C@@H](C)Nc2ccccc21. The minimum Gasteiger partial charge on any atom is -0.372 e. The summed E-state index contributed by atoms with van der Waals surface area (Å²) in [6.45, 7) is 4.61. The van der Waals surface area contributed by atoms with Gasteiger partial charge in [0.2, 0.25) is 5.91 Å². The molecule has 1 aromatic carbocycles. The van der Waals surface area contributed by atoms with E-state index in [0.29, 0.717) is 0 Å². The molecule has 0 aromatic heterocycles. The first kappa shape index (κ1) is 9.06. The number of carbonyl (C=O) groups excluding carboxylic acids is 1. The third-order valence-corrected chi connectivity index (χ3v) is 2.52. The first-order chi connectivity index (χ1) is 6.74. The Morgan fingerprint density at radius 3 is 2.86 bits per heavy atom. The average Bonchev–Trinajstić information content (AvgIpc) is 2.20. The van der Waals surface area contributed by atoms with E-state index >= 15 is 0 Å². The molecule has 0 saturated carbocycles. The normalized spacial score (nSPS) is 20.3. The van der Waals surface area contributed by atoms with E-state index in [4.69, 9.17) is 0 Å². The van der Waals surface area contributed by atoms with Crippen molar-refractivity contribution in [3.05, 3.63) is 24.3 Å². The maximum Gasteiger partial charge on any atom is 0.249 e. The monoisotopic (exact) mass is 190 g/mol. The van der Waals surface area contributed by atoms with Crippen LogP contribution in [0.5, 0.6) is 0 Å². The van der Waals surface area contributed by atoms with Crippen molar-refractivity contribution in [2.75, 3.05) is 16.8 Å². The molecular formula is C11H14N2O. The van der Waals surface area contributed by atoms with Crippen LogP contribution < -0.4 is 10.2 Å². The molecule has 3 heteroatoms. The van der Waals surface area contributed by atoms with Crippen LogP contribution >= 0.6 is 0 Å². The van der Waals surface area contributed by atoms with Crippen LogP contribution in [0.15, 0.2) is 24.3 Å². The van der Waals surface area contributed by atoms with E-state index in [1.165, 1.54) is 0 Å². The molecule has 1 aliphatic rings.